The van der Waals surface area contributed by atoms with Gasteiger partial charge in [0.25, 0.3) is 0 Å². The molecule has 0 aliphatic heterocycles. The number of hydrogen-bond donors (Lipinski definition) is 0. The number of benzene rings is 1. The fourth-order valence-corrected chi connectivity index (χ4v) is 2.43. The highest BCUT2D eigenvalue weighted by molar-refractivity contribution is 6.35. The average molecular weight is 338 g/mol. The summed E-state index contributed by atoms with van der Waals surface area (Å²) in [7, 11) is 0. The van der Waals surface area contributed by atoms with E-state index in [1.54, 1.807) is 36.5 Å². The quantitative estimate of drug-likeness (QED) is 0.731. The lowest BCUT2D eigenvalue weighted by Crippen LogP contribution is -2.39. The van der Waals surface area contributed by atoms with Crippen LogP contribution in [-0.2, 0) is 0 Å². The maximum Gasteiger partial charge on any atom is 0.205 e. The van der Waals surface area contributed by atoms with Crippen LogP contribution in [0.3, 0.4) is 0 Å². The third-order valence-electron chi connectivity index (χ3n) is 3.11. The summed E-state index contributed by atoms with van der Waals surface area (Å²) in [5.74, 6) is 0.301. The van der Waals surface area contributed by atoms with E-state index in [0.29, 0.717) is 21.4 Å². The Morgan fingerprint density at radius 3 is 2.50 bits per heavy atom. The maximum absolute atomic E-state index is 12.7. The van der Waals surface area contributed by atoms with Gasteiger partial charge in [-0.2, -0.15) is 0 Å². The van der Waals surface area contributed by atoms with Crippen molar-refractivity contribution in [2.75, 3.05) is 0 Å². The molecule has 0 spiro atoms. The zero-order valence-electron chi connectivity index (χ0n) is 12.6. The highest BCUT2D eigenvalue weighted by Crippen LogP contribution is 2.33. The summed E-state index contributed by atoms with van der Waals surface area (Å²) >= 11 is 12.0. The van der Waals surface area contributed by atoms with E-state index in [4.69, 9.17) is 27.9 Å². The number of carbonyl (C=O) groups is 1. The van der Waals surface area contributed by atoms with Gasteiger partial charge < -0.3 is 4.74 Å². The van der Waals surface area contributed by atoms with E-state index >= 15 is 0 Å². The van der Waals surface area contributed by atoms with Crippen molar-refractivity contribution in [3.63, 3.8) is 0 Å². The molecule has 0 saturated heterocycles. The molecule has 0 amide bonds. The number of ether oxygens (including phenoxy) is 1. The first-order chi connectivity index (χ1) is 10.3. The molecule has 0 aliphatic carbocycles. The predicted octanol–water partition coefficient (Wildman–Crippen LogP) is 5.06. The SMILES string of the molecule is CC(C)(C)C(Oc1ccc(Cl)cc1Cl)C(=O)c1cccnc1. The van der Waals surface area contributed by atoms with Gasteiger partial charge in [-0.05, 0) is 30.3 Å². The maximum atomic E-state index is 12.7. The van der Waals surface area contributed by atoms with Crippen LogP contribution in [0.2, 0.25) is 10.0 Å². The molecule has 0 bridgehead atoms. The molecule has 2 rings (SSSR count). The van der Waals surface area contributed by atoms with Gasteiger partial charge in [-0.15, -0.1) is 0 Å². The molecule has 0 N–H and O–H groups in total. The second-order valence-corrected chi connectivity index (χ2v) is 6.89. The number of nitrogens with zero attached hydrogens (tertiary/aromatic N) is 1. The van der Waals surface area contributed by atoms with Gasteiger partial charge in [-0.1, -0.05) is 44.0 Å². The van der Waals surface area contributed by atoms with E-state index in [2.05, 4.69) is 4.98 Å². The van der Waals surface area contributed by atoms with Crippen LogP contribution in [0.15, 0.2) is 42.7 Å². The largest absolute Gasteiger partial charge is 0.480 e. The first kappa shape index (κ1) is 16.8. The highest BCUT2D eigenvalue weighted by atomic mass is 35.5. The monoisotopic (exact) mass is 337 g/mol. The van der Waals surface area contributed by atoms with Gasteiger partial charge in [0.15, 0.2) is 6.10 Å². The van der Waals surface area contributed by atoms with Gasteiger partial charge in [0.2, 0.25) is 5.78 Å². The molecule has 5 heteroatoms. The summed E-state index contributed by atoms with van der Waals surface area (Å²) in [6, 6.07) is 8.38. The van der Waals surface area contributed by atoms with E-state index in [-0.39, 0.29) is 5.78 Å². The van der Waals surface area contributed by atoms with E-state index in [1.165, 1.54) is 6.20 Å². The minimum atomic E-state index is -0.685. The molecule has 2 aromatic rings. The van der Waals surface area contributed by atoms with Crippen molar-refractivity contribution in [3.05, 3.63) is 58.3 Å². The number of rotatable bonds is 4. The molecule has 0 aliphatic rings. The Bertz CT molecular complexity index is 666. The highest BCUT2D eigenvalue weighted by Gasteiger charge is 2.34. The number of hydrogen-bond acceptors (Lipinski definition) is 3. The van der Waals surface area contributed by atoms with Crippen molar-refractivity contribution >= 4 is 29.0 Å². The topological polar surface area (TPSA) is 39.2 Å². The Hall–Kier alpha value is -1.58. The summed E-state index contributed by atoms with van der Waals surface area (Å²) in [6.45, 7) is 5.82. The number of ketones is 1. The summed E-state index contributed by atoms with van der Waals surface area (Å²) < 4.78 is 5.91. The smallest absolute Gasteiger partial charge is 0.205 e. The summed E-state index contributed by atoms with van der Waals surface area (Å²) in [4.78, 5) is 16.7. The van der Waals surface area contributed by atoms with Crippen LogP contribution in [0.25, 0.3) is 0 Å². The third kappa shape index (κ3) is 3.99. The normalized spacial score (nSPS) is 12.8. The van der Waals surface area contributed by atoms with Crippen molar-refractivity contribution in [2.45, 2.75) is 26.9 Å². The van der Waals surface area contributed by atoms with Crippen molar-refractivity contribution in [1.82, 2.24) is 4.98 Å². The number of aromatic nitrogens is 1. The van der Waals surface area contributed by atoms with Crippen LogP contribution in [0.1, 0.15) is 31.1 Å². The fourth-order valence-electron chi connectivity index (χ4n) is 1.98. The molecule has 0 radical (unpaired) electrons. The number of halogens is 2. The average Bonchev–Trinajstić information content (AvgIpc) is 2.45. The molecule has 22 heavy (non-hydrogen) atoms. The lowest BCUT2D eigenvalue weighted by atomic mass is 9.84. The first-order valence-electron chi connectivity index (χ1n) is 6.85. The van der Waals surface area contributed by atoms with Crippen LogP contribution in [0.4, 0.5) is 0 Å². The van der Waals surface area contributed by atoms with E-state index < -0.39 is 11.5 Å². The second kappa shape index (κ2) is 6.67. The van der Waals surface area contributed by atoms with Gasteiger partial charge in [0, 0.05) is 28.4 Å². The lowest BCUT2D eigenvalue weighted by Gasteiger charge is -2.30. The minimum Gasteiger partial charge on any atom is -0.480 e. The van der Waals surface area contributed by atoms with Crippen LogP contribution < -0.4 is 4.74 Å². The summed E-state index contributed by atoms with van der Waals surface area (Å²) in [5.41, 5.74) is 0.100. The summed E-state index contributed by atoms with van der Waals surface area (Å²) in [5, 5.41) is 0.893. The van der Waals surface area contributed by atoms with Crippen molar-refractivity contribution < 1.29 is 9.53 Å². The van der Waals surface area contributed by atoms with Crippen LogP contribution >= 0.6 is 23.2 Å². The fraction of sp³-hybridized carbons (Fsp3) is 0.294. The summed E-state index contributed by atoms with van der Waals surface area (Å²) in [6.07, 6.45) is 2.48. The van der Waals surface area contributed by atoms with Gasteiger partial charge >= 0.3 is 0 Å². The molecule has 1 heterocycles. The van der Waals surface area contributed by atoms with Crippen molar-refractivity contribution in [3.8, 4) is 5.75 Å². The standard InChI is InChI=1S/C17H17Cl2NO2/c1-17(2,3)16(15(21)11-5-4-8-20-10-11)22-14-7-6-12(18)9-13(14)19/h4-10,16H,1-3H3. The lowest BCUT2D eigenvalue weighted by molar-refractivity contribution is 0.0542. The molecule has 3 nitrogen and oxygen atoms in total. The molecule has 1 aromatic carbocycles. The van der Waals surface area contributed by atoms with Gasteiger partial charge in [0.1, 0.15) is 5.75 Å². The first-order valence-corrected chi connectivity index (χ1v) is 7.60. The minimum absolute atomic E-state index is 0.133. The Kier molecular flexibility index (Phi) is 5.09. The predicted molar refractivity (Wildman–Crippen MR) is 88.9 cm³/mol. The second-order valence-electron chi connectivity index (χ2n) is 6.04. The molecule has 1 aromatic heterocycles. The van der Waals surface area contributed by atoms with Crippen LogP contribution in [-0.4, -0.2) is 16.9 Å². The van der Waals surface area contributed by atoms with Crippen molar-refractivity contribution in [2.24, 2.45) is 5.41 Å². The van der Waals surface area contributed by atoms with Gasteiger partial charge in [0.05, 0.1) is 5.02 Å². The molecule has 116 valence electrons. The molecular weight excluding hydrogens is 321 g/mol. The van der Waals surface area contributed by atoms with E-state index in [9.17, 15) is 4.79 Å². The van der Waals surface area contributed by atoms with Crippen LogP contribution in [0.5, 0.6) is 5.75 Å². The zero-order chi connectivity index (χ0) is 16.3. The van der Waals surface area contributed by atoms with Crippen molar-refractivity contribution in [1.29, 1.82) is 0 Å². The molecule has 1 atom stereocenters. The molecule has 0 saturated carbocycles. The Morgan fingerprint density at radius 1 is 1.23 bits per heavy atom. The zero-order valence-corrected chi connectivity index (χ0v) is 14.2. The van der Waals surface area contributed by atoms with Crippen LogP contribution in [0, 0.1) is 5.41 Å². The van der Waals surface area contributed by atoms with Gasteiger partial charge in [-0.25, -0.2) is 0 Å². The molecule has 0 fully saturated rings. The van der Waals surface area contributed by atoms with Gasteiger partial charge in [-0.3, -0.25) is 9.78 Å². The number of carbonyl (C=O) groups excluding carboxylic acids is 1. The Labute approximate surface area is 140 Å². The number of Topliss-reactive ketones (excluding diaryl/α,β-unsaturated/α-hetero) is 1. The van der Waals surface area contributed by atoms with E-state index in [0.717, 1.165) is 0 Å². The Morgan fingerprint density at radius 2 is 1.95 bits per heavy atom. The third-order valence-corrected chi connectivity index (χ3v) is 3.64. The number of pyridine rings is 1. The Balaban J connectivity index is 2.33. The molecular formula is C17H17Cl2NO2. The molecule has 1 unspecified atom stereocenters. The van der Waals surface area contributed by atoms with E-state index in [1.807, 2.05) is 20.8 Å².